The van der Waals surface area contributed by atoms with Crippen LogP contribution < -0.4 is 16.0 Å². The summed E-state index contributed by atoms with van der Waals surface area (Å²) in [4.78, 5) is 14.5. The van der Waals surface area contributed by atoms with Crippen LogP contribution in [-0.2, 0) is 4.74 Å². The first kappa shape index (κ1) is 12.2. The molecule has 1 amide bonds. The fraction of sp³-hybridized carbons (Fsp3) is 0.545. The van der Waals surface area contributed by atoms with Crippen molar-refractivity contribution in [3.63, 3.8) is 0 Å². The lowest BCUT2D eigenvalue weighted by molar-refractivity contribution is 0.0960. The highest BCUT2D eigenvalue weighted by atomic mass is 32.1. The minimum absolute atomic E-state index is 0.0884. The van der Waals surface area contributed by atoms with Gasteiger partial charge in [0.15, 0.2) is 0 Å². The van der Waals surface area contributed by atoms with Crippen LogP contribution in [0, 0.1) is 0 Å². The minimum Gasteiger partial charge on any atom is -0.397 e. The molecule has 1 aliphatic rings. The van der Waals surface area contributed by atoms with Gasteiger partial charge >= 0.3 is 0 Å². The van der Waals surface area contributed by atoms with Gasteiger partial charge in [-0.1, -0.05) is 0 Å². The number of ether oxygens (including phenoxy) is 1. The van der Waals surface area contributed by atoms with Gasteiger partial charge in [0, 0.05) is 19.6 Å². The van der Waals surface area contributed by atoms with E-state index in [9.17, 15) is 4.79 Å². The van der Waals surface area contributed by atoms with Crippen molar-refractivity contribution < 1.29 is 9.53 Å². The number of nitrogens with zero attached hydrogens (tertiary/aromatic N) is 1. The molecular weight excluding hydrogens is 238 g/mol. The maximum atomic E-state index is 11.7. The summed E-state index contributed by atoms with van der Waals surface area (Å²) >= 11 is 1.45. The molecule has 0 saturated carbocycles. The van der Waals surface area contributed by atoms with Gasteiger partial charge in [-0.2, -0.15) is 0 Å². The predicted octanol–water partition coefficient (Wildman–Crippen LogP) is 0.917. The van der Waals surface area contributed by atoms with E-state index in [0.29, 0.717) is 17.1 Å². The van der Waals surface area contributed by atoms with Crippen molar-refractivity contribution in [2.24, 2.45) is 0 Å². The third-order valence-corrected chi connectivity index (χ3v) is 3.82. The average molecular weight is 255 g/mol. The molecule has 1 saturated heterocycles. The van der Waals surface area contributed by atoms with E-state index < -0.39 is 0 Å². The Kier molecular flexibility index (Phi) is 3.86. The number of nitrogen functional groups attached to an aromatic ring is 1. The Bertz CT molecular complexity index is 399. The first-order valence-electron chi connectivity index (χ1n) is 5.72. The van der Waals surface area contributed by atoms with Crippen molar-refractivity contribution >= 4 is 27.9 Å². The molecule has 0 spiro atoms. The van der Waals surface area contributed by atoms with Crippen molar-refractivity contribution in [2.75, 3.05) is 43.5 Å². The monoisotopic (exact) mass is 255 g/mol. The van der Waals surface area contributed by atoms with Gasteiger partial charge in [0.1, 0.15) is 4.88 Å². The van der Waals surface area contributed by atoms with Gasteiger partial charge in [-0.05, 0) is 13.0 Å². The number of carbonyl (C=O) groups is 1. The van der Waals surface area contributed by atoms with E-state index >= 15 is 0 Å². The largest absolute Gasteiger partial charge is 0.397 e. The summed E-state index contributed by atoms with van der Waals surface area (Å²) in [7, 11) is 0. The van der Waals surface area contributed by atoms with E-state index in [1.54, 1.807) is 0 Å². The number of anilines is 2. The lowest BCUT2D eigenvalue weighted by atomic mass is 10.3. The number of amides is 1. The average Bonchev–Trinajstić information content (AvgIpc) is 2.73. The SMILES string of the molecule is CCNC(=O)c1sc(N2CCOCC2)cc1N. The predicted molar refractivity (Wildman–Crippen MR) is 69.8 cm³/mol. The first-order valence-corrected chi connectivity index (χ1v) is 6.54. The number of rotatable bonds is 3. The van der Waals surface area contributed by atoms with E-state index in [4.69, 9.17) is 10.5 Å². The van der Waals surface area contributed by atoms with E-state index in [-0.39, 0.29) is 5.91 Å². The molecule has 0 unspecified atom stereocenters. The molecule has 17 heavy (non-hydrogen) atoms. The van der Waals surface area contributed by atoms with Gasteiger partial charge in [-0.15, -0.1) is 11.3 Å². The third kappa shape index (κ3) is 2.70. The van der Waals surface area contributed by atoms with E-state index in [0.717, 1.165) is 31.3 Å². The molecule has 94 valence electrons. The maximum Gasteiger partial charge on any atom is 0.263 e. The van der Waals surface area contributed by atoms with Crippen LogP contribution in [0.25, 0.3) is 0 Å². The van der Waals surface area contributed by atoms with Gasteiger partial charge in [0.05, 0.1) is 23.9 Å². The molecule has 0 radical (unpaired) electrons. The van der Waals surface area contributed by atoms with Gasteiger partial charge in [0.25, 0.3) is 5.91 Å². The minimum atomic E-state index is -0.0884. The zero-order valence-corrected chi connectivity index (χ0v) is 10.7. The fourth-order valence-electron chi connectivity index (χ4n) is 1.75. The molecule has 0 aromatic carbocycles. The van der Waals surface area contributed by atoms with Crippen molar-refractivity contribution in [1.82, 2.24) is 5.32 Å². The van der Waals surface area contributed by atoms with Gasteiger partial charge in [-0.3, -0.25) is 4.79 Å². The number of carbonyl (C=O) groups excluding carboxylic acids is 1. The first-order chi connectivity index (χ1) is 8.22. The maximum absolute atomic E-state index is 11.7. The molecular formula is C11H17N3O2S. The van der Waals surface area contributed by atoms with Gasteiger partial charge in [0.2, 0.25) is 0 Å². The Morgan fingerprint density at radius 1 is 1.59 bits per heavy atom. The second-order valence-electron chi connectivity index (χ2n) is 3.83. The second kappa shape index (κ2) is 5.37. The van der Waals surface area contributed by atoms with Crippen LogP contribution in [0.1, 0.15) is 16.6 Å². The standard InChI is InChI=1S/C11H17N3O2S/c1-2-13-11(15)10-8(12)7-9(17-10)14-3-5-16-6-4-14/h7H,2-6,12H2,1H3,(H,13,15). The fourth-order valence-corrected chi connectivity index (χ4v) is 2.80. The number of hydrogen-bond acceptors (Lipinski definition) is 5. The van der Waals surface area contributed by atoms with Crippen LogP contribution in [0.2, 0.25) is 0 Å². The Balaban J connectivity index is 2.14. The number of thiophene rings is 1. The molecule has 1 aromatic heterocycles. The molecule has 1 fully saturated rings. The van der Waals surface area contributed by atoms with Crippen LogP contribution >= 0.6 is 11.3 Å². The van der Waals surface area contributed by atoms with Crippen LogP contribution in [0.15, 0.2) is 6.07 Å². The van der Waals surface area contributed by atoms with Crippen molar-refractivity contribution in [2.45, 2.75) is 6.92 Å². The summed E-state index contributed by atoms with van der Waals surface area (Å²) in [6.45, 7) is 5.68. The van der Waals surface area contributed by atoms with Crippen molar-refractivity contribution in [1.29, 1.82) is 0 Å². The molecule has 0 bridgehead atoms. The van der Waals surface area contributed by atoms with Crippen LogP contribution in [0.3, 0.4) is 0 Å². The molecule has 3 N–H and O–H groups in total. The van der Waals surface area contributed by atoms with E-state index in [1.807, 2.05) is 13.0 Å². The van der Waals surface area contributed by atoms with E-state index in [2.05, 4.69) is 10.2 Å². The molecule has 0 aliphatic carbocycles. The normalized spacial score (nSPS) is 15.9. The Morgan fingerprint density at radius 3 is 2.94 bits per heavy atom. The highest BCUT2D eigenvalue weighted by molar-refractivity contribution is 7.18. The lowest BCUT2D eigenvalue weighted by Crippen LogP contribution is -2.35. The summed E-state index contributed by atoms with van der Waals surface area (Å²) in [5.41, 5.74) is 6.43. The van der Waals surface area contributed by atoms with Gasteiger partial charge < -0.3 is 20.7 Å². The zero-order valence-electron chi connectivity index (χ0n) is 9.86. The number of morpholine rings is 1. The Hall–Kier alpha value is -1.27. The highest BCUT2D eigenvalue weighted by Gasteiger charge is 2.18. The number of nitrogens with one attached hydrogen (secondary N) is 1. The van der Waals surface area contributed by atoms with Crippen molar-refractivity contribution in [3.05, 3.63) is 10.9 Å². The zero-order chi connectivity index (χ0) is 12.3. The third-order valence-electron chi connectivity index (χ3n) is 2.61. The summed E-state index contributed by atoms with van der Waals surface area (Å²) in [6.07, 6.45) is 0. The van der Waals surface area contributed by atoms with Crippen molar-refractivity contribution in [3.8, 4) is 0 Å². The molecule has 2 rings (SSSR count). The second-order valence-corrected chi connectivity index (χ2v) is 4.86. The van der Waals surface area contributed by atoms with Crippen LogP contribution in [0.5, 0.6) is 0 Å². The topological polar surface area (TPSA) is 67.6 Å². The summed E-state index contributed by atoms with van der Waals surface area (Å²) in [5.74, 6) is -0.0884. The molecule has 0 atom stereocenters. The quantitative estimate of drug-likeness (QED) is 0.842. The highest BCUT2D eigenvalue weighted by Crippen LogP contribution is 2.32. The summed E-state index contributed by atoms with van der Waals surface area (Å²) < 4.78 is 5.30. The summed E-state index contributed by atoms with van der Waals surface area (Å²) in [6, 6.07) is 1.88. The number of hydrogen-bond donors (Lipinski definition) is 2. The molecule has 6 heteroatoms. The van der Waals surface area contributed by atoms with E-state index in [1.165, 1.54) is 11.3 Å². The molecule has 2 heterocycles. The number of nitrogens with two attached hydrogens (primary N) is 1. The summed E-state index contributed by atoms with van der Waals surface area (Å²) in [5, 5.41) is 3.82. The van der Waals surface area contributed by atoms with Crippen LogP contribution in [0.4, 0.5) is 10.7 Å². The van der Waals surface area contributed by atoms with Gasteiger partial charge in [-0.25, -0.2) is 0 Å². The Labute approximate surface area is 105 Å². The van der Waals surface area contributed by atoms with Crippen LogP contribution in [-0.4, -0.2) is 38.8 Å². The lowest BCUT2D eigenvalue weighted by Gasteiger charge is -2.27. The molecule has 1 aliphatic heterocycles. The smallest absolute Gasteiger partial charge is 0.263 e. The Morgan fingerprint density at radius 2 is 2.29 bits per heavy atom. The molecule has 1 aromatic rings. The molecule has 5 nitrogen and oxygen atoms in total.